The molecule has 5 rings (SSSR count). The van der Waals surface area contributed by atoms with Crippen LogP contribution in [0.4, 0.5) is 17.3 Å². The monoisotopic (exact) mass is 493 g/mol. The SMILES string of the molecule is CCN(CC)c1ccc(-c2nc3n(n2)C(c2cccc(C)c2)C(C(=O)Nc2cccnc2)=C(C)N3)cc1. The van der Waals surface area contributed by atoms with Crippen molar-refractivity contribution < 1.29 is 4.79 Å². The third-order valence-corrected chi connectivity index (χ3v) is 6.63. The molecule has 1 aliphatic heterocycles. The number of anilines is 3. The normalized spacial score (nSPS) is 14.6. The van der Waals surface area contributed by atoms with Crippen LogP contribution in [0, 0.1) is 6.92 Å². The van der Waals surface area contributed by atoms with Crippen LogP contribution in [0.5, 0.6) is 0 Å². The topological polar surface area (TPSA) is 88.0 Å². The minimum Gasteiger partial charge on any atom is -0.372 e. The maximum absolute atomic E-state index is 13.6. The molecule has 37 heavy (non-hydrogen) atoms. The van der Waals surface area contributed by atoms with Gasteiger partial charge in [-0.1, -0.05) is 29.8 Å². The second-order valence-corrected chi connectivity index (χ2v) is 9.10. The summed E-state index contributed by atoms with van der Waals surface area (Å²) in [7, 11) is 0. The Morgan fingerprint density at radius 1 is 1.05 bits per heavy atom. The third kappa shape index (κ3) is 4.82. The highest BCUT2D eigenvalue weighted by Gasteiger charge is 2.34. The first kappa shape index (κ1) is 24.2. The van der Waals surface area contributed by atoms with Crippen molar-refractivity contribution in [1.82, 2.24) is 19.7 Å². The minimum absolute atomic E-state index is 0.212. The Balaban J connectivity index is 1.55. The van der Waals surface area contributed by atoms with E-state index in [1.54, 1.807) is 18.5 Å². The van der Waals surface area contributed by atoms with Crippen molar-refractivity contribution >= 4 is 23.2 Å². The lowest BCUT2D eigenvalue weighted by Crippen LogP contribution is -2.31. The number of carbonyl (C=O) groups is 1. The molecule has 8 heteroatoms. The summed E-state index contributed by atoms with van der Waals surface area (Å²) in [6, 6.07) is 19.6. The predicted molar refractivity (Wildman–Crippen MR) is 148 cm³/mol. The zero-order valence-electron chi connectivity index (χ0n) is 21.6. The molecule has 2 aromatic heterocycles. The molecule has 188 valence electrons. The van der Waals surface area contributed by atoms with E-state index in [-0.39, 0.29) is 5.91 Å². The summed E-state index contributed by atoms with van der Waals surface area (Å²) >= 11 is 0. The summed E-state index contributed by atoms with van der Waals surface area (Å²) in [5, 5.41) is 11.2. The number of fused-ring (bicyclic) bond motifs is 1. The molecule has 8 nitrogen and oxygen atoms in total. The van der Waals surface area contributed by atoms with Gasteiger partial charge in [0.05, 0.1) is 17.5 Å². The number of hydrogen-bond donors (Lipinski definition) is 2. The number of pyridine rings is 1. The second-order valence-electron chi connectivity index (χ2n) is 9.10. The zero-order chi connectivity index (χ0) is 25.9. The Morgan fingerprint density at radius 2 is 1.84 bits per heavy atom. The van der Waals surface area contributed by atoms with Gasteiger partial charge in [-0.2, -0.15) is 4.98 Å². The standard InChI is InChI=1S/C29H31N7O/c1-5-35(6-2)24-14-12-21(13-15-24)27-33-29-31-20(4)25(28(37)32-23-11-8-16-30-18-23)26(36(29)34-27)22-10-7-9-19(3)17-22/h7-18,26H,5-6H2,1-4H3,(H,32,37)(H,31,33,34). The molecule has 0 spiro atoms. The second kappa shape index (κ2) is 10.3. The molecule has 0 bridgehead atoms. The van der Waals surface area contributed by atoms with Gasteiger partial charge >= 0.3 is 0 Å². The molecule has 3 heterocycles. The fraction of sp³-hybridized carbons (Fsp3) is 0.241. The van der Waals surface area contributed by atoms with Crippen molar-refractivity contribution in [3.8, 4) is 11.4 Å². The molecule has 0 saturated heterocycles. The smallest absolute Gasteiger partial charge is 0.255 e. The highest BCUT2D eigenvalue weighted by molar-refractivity contribution is 6.06. The predicted octanol–water partition coefficient (Wildman–Crippen LogP) is 5.42. The Labute approximate surface area is 217 Å². The van der Waals surface area contributed by atoms with Gasteiger partial charge in [-0.15, -0.1) is 5.10 Å². The van der Waals surface area contributed by atoms with Crippen molar-refractivity contribution in [2.75, 3.05) is 28.6 Å². The average molecular weight is 494 g/mol. The minimum atomic E-state index is -0.441. The largest absolute Gasteiger partial charge is 0.372 e. The number of hydrogen-bond acceptors (Lipinski definition) is 6. The number of aryl methyl sites for hydroxylation is 1. The molecular weight excluding hydrogens is 462 g/mol. The van der Waals surface area contributed by atoms with E-state index in [4.69, 9.17) is 10.1 Å². The Morgan fingerprint density at radius 3 is 2.51 bits per heavy atom. The summed E-state index contributed by atoms with van der Waals surface area (Å²) in [6.07, 6.45) is 3.31. The highest BCUT2D eigenvalue weighted by Crippen LogP contribution is 2.37. The van der Waals surface area contributed by atoms with Crippen molar-refractivity contribution in [3.63, 3.8) is 0 Å². The molecule has 1 amide bonds. The van der Waals surface area contributed by atoms with Crippen molar-refractivity contribution in [3.05, 3.63) is 95.5 Å². The summed E-state index contributed by atoms with van der Waals surface area (Å²) in [4.78, 5) is 24.8. The highest BCUT2D eigenvalue weighted by atomic mass is 16.1. The molecule has 2 N–H and O–H groups in total. The lowest BCUT2D eigenvalue weighted by atomic mass is 9.94. The van der Waals surface area contributed by atoms with E-state index in [0.29, 0.717) is 23.0 Å². The van der Waals surface area contributed by atoms with Crippen LogP contribution < -0.4 is 15.5 Å². The maximum Gasteiger partial charge on any atom is 0.255 e. The Kier molecular flexibility index (Phi) is 6.72. The molecule has 4 aromatic rings. The number of benzene rings is 2. The summed E-state index contributed by atoms with van der Waals surface area (Å²) in [5.41, 5.74) is 6.10. The quantitative estimate of drug-likeness (QED) is 0.357. The third-order valence-electron chi connectivity index (χ3n) is 6.63. The first-order valence-electron chi connectivity index (χ1n) is 12.6. The summed E-state index contributed by atoms with van der Waals surface area (Å²) < 4.78 is 1.81. The average Bonchev–Trinajstić information content (AvgIpc) is 3.33. The van der Waals surface area contributed by atoms with E-state index in [0.717, 1.165) is 35.5 Å². The lowest BCUT2D eigenvalue weighted by Gasteiger charge is -2.28. The van der Waals surface area contributed by atoms with Gasteiger partial charge in [0.25, 0.3) is 5.91 Å². The number of carbonyl (C=O) groups excluding carboxylic acids is 1. The fourth-order valence-corrected chi connectivity index (χ4v) is 4.76. The Hall–Kier alpha value is -4.46. The van der Waals surface area contributed by atoms with Gasteiger partial charge in [-0.25, -0.2) is 4.68 Å². The molecule has 0 saturated carbocycles. The summed E-state index contributed by atoms with van der Waals surface area (Å²) in [5.74, 6) is 0.994. The van der Waals surface area contributed by atoms with Crippen LogP contribution in [-0.4, -0.2) is 38.7 Å². The number of amides is 1. The fourth-order valence-electron chi connectivity index (χ4n) is 4.76. The van der Waals surface area contributed by atoms with Crippen LogP contribution in [-0.2, 0) is 4.79 Å². The van der Waals surface area contributed by atoms with Gasteiger partial charge in [0.1, 0.15) is 6.04 Å². The number of nitrogens with one attached hydrogen (secondary N) is 2. The van der Waals surface area contributed by atoms with Crippen LogP contribution >= 0.6 is 0 Å². The molecule has 1 atom stereocenters. The number of rotatable bonds is 7. The van der Waals surface area contributed by atoms with Crippen LogP contribution in [0.25, 0.3) is 11.4 Å². The number of aromatic nitrogens is 4. The first-order valence-corrected chi connectivity index (χ1v) is 12.6. The van der Waals surface area contributed by atoms with E-state index >= 15 is 0 Å². The molecule has 0 aliphatic carbocycles. The zero-order valence-corrected chi connectivity index (χ0v) is 21.6. The van der Waals surface area contributed by atoms with Gasteiger partial charge in [0, 0.05) is 36.2 Å². The lowest BCUT2D eigenvalue weighted by molar-refractivity contribution is -0.113. The van der Waals surface area contributed by atoms with Crippen molar-refractivity contribution in [2.24, 2.45) is 0 Å². The Bertz CT molecular complexity index is 1440. The van der Waals surface area contributed by atoms with E-state index < -0.39 is 6.04 Å². The van der Waals surface area contributed by atoms with Crippen LogP contribution in [0.2, 0.25) is 0 Å². The number of allylic oxidation sites excluding steroid dienone is 1. The van der Waals surface area contributed by atoms with Gasteiger partial charge in [0.15, 0.2) is 5.82 Å². The van der Waals surface area contributed by atoms with Gasteiger partial charge in [-0.05, 0) is 69.7 Å². The van der Waals surface area contributed by atoms with Crippen LogP contribution in [0.15, 0.2) is 84.3 Å². The van der Waals surface area contributed by atoms with Gasteiger partial charge in [0.2, 0.25) is 5.95 Å². The van der Waals surface area contributed by atoms with E-state index in [1.807, 2.05) is 54.9 Å². The van der Waals surface area contributed by atoms with Gasteiger partial charge < -0.3 is 15.5 Å². The molecule has 2 aromatic carbocycles. The van der Waals surface area contributed by atoms with Crippen LogP contribution in [0.3, 0.4) is 0 Å². The van der Waals surface area contributed by atoms with E-state index in [9.17, 15) is 4.79 Å². The van der Waals surface area contributed by atoms with Crippen molar-refractivity contribution in [1.29, 1.82) is 0 Å². The molecular formula is C29H31N7O. The van der Waals surface area contributed by atoms with E-state index in [2.05, 4.69) is 52.6 Å². The number of nitrogens with zero attached hydrogens (tertiary/aromatic N) is 5. The summed E-state index contributed by atoms with van der Waals surface area (Å²) in [6.45, 7) is 10.1. The first-order chi connectivity index (χ1) is 18.0. The van der Waals surface area contributed by atoms with Crippen LogP contribution in [0.1, 0.15) is 37.9 Å². The molecule has 1 aliphatic rings. The van der Waals surface area contributed by atoms with Crippen molar-refractivity contribution in [2.45, 2.75) is 33.7 Å². The van der Waals surface area contributed by atoms with Gasteiger partial charge in [-0.3, -0.25) is 9.78 Å². The molecule has 1 unspecified atom stereocenters. The molecule has 0 radical (unpaired) electrons. The van der Waals surface area contributed by atoms with E-state index in [1.165, 1.54) is 5.69 Å². The maximum atomic E-state index is 13.6. The molecule has 0 fully saturated rings.